The molecule has 5 heteroatoms. The molecule has 17 heavy (non-hydrogen) atoms. The molecule has 0 radical (unpaired) electrons. The number of sulfone groups is 1. The molecule has 1 aliphatic carbocycles. The number of benzene rings is 1. The highest BCUT2D eigenvalue weighted by molar-refractivity contribution is 7.92. The van der Waals surface area contributed by atoms with Crippen molar-refractivity contribution in [1.29, 1.82) is 0 Å². The number of hydrogen-bond donors (Lipinski definition) is 2. The van der Waals surface area contributed by atoms with E-state index in [4.69, 9.17) is 5.73 Å². The molecule has 0 bridgehead atoms. The SMILES string of the molecule is Cc1ccc(S(=O)(=O)[C@@H]2C[C@]2(CN)CO)cc1. The Kier molecular flexibility index (Phi) is 3.01. The van der Waals surface area contributed by atoms with Crippen LogP contribution >= 0.6 is 0 Å². The predicted octanol–water partition coefficient (Wildman–Crippen LogP) is 0.478. The lowest BCUT2D eigenvalue weighted by atomic mass is 10.1. The highest BCUT2D eigenvalue weighted by Gasteiger charge is 2.60. The van der Waals surface area contributed by atoms with Gasteiger partial charge < -0.3 is 10.8 Å². The summed E-state index contributed by atoms with van der Waals surface area (Å²) in [6.45, 7) is 1.95. The van der Waals surface area contributed by atoms with Gasteiger partial charge in [-0.3, -0.25) is 0 Å². The molecule has 0 saturated heterocycles. The Morgan fingerprint density at radius 1 is 1.41 bits per heavy atom. The molecule has 0 aliphatic heterocycles. The van der Waals surface area contributed by atoms with Gasteiger partial charge in [0.05, 0.1) is 16.8 Å². The van der Waals surface area contributed by atoms with Gasteiger partial charge in [-0.15, -0.1) is 0 Å². The van der Waals surface area contributed by atoms with E-state index in [1.54, 1.807) is 24.3 Å². The fourth-order valence-electron chi connectivity index (χ4n) is 2.09. The smallest absolute Gasteiger partial charge is 0.181 e. The standard InChI is InChI=1S/C12H17NO3S/c1-9-2-4-10(5-3-9)17(15,16)11-6-12(11,7-13)8-14/h2-5,11,14H,6-8,13H2,1H3/t11-,12+/m1/s1. The molecule has 1 aromatic carbocycles. The van der Waals surface area contributed by atoms with E-state index in [0.29, 0.717) is 11.3 Å². The molecule has 2 rings (SSSR count). The molecule has 94 valence electrons. The molecule has 0 heterocycles. The Hall–Kier alpha value is -0.910. The maximum atomic E-state index is 12.3. The minimum Gasteiger partial charge on any atom is -0.396 e. The summed E-state index contributed by atoms with van der Waals surface area (Å²) in [4.78, 5) is 0.317. The molecule has 0 amide bonds. The van der Waals surface area contributed by atoms with E-state index >= 15 is 0 Å². The highest BCUT2D eigenvalue weighted by atomic mass is 32.2. The number of rotatable bonds is 4. The Morgan fingerprint density at radius 2 is 2.00 bits per heavy atom. The molecule has 1 aliphatic rings. The van der Waals surface area contributed by atoms with Crippen molar-refractivity contribution in [2.45, 2.75) is 23.5 Å². The number of aliphatic hydroxyl groups is 1. The third-order valence-corrected chi connectivity index (χ3v) is 5.91. The van der Waals surface area contributed by atoms with Crippen molar-refractivity contribution >= 4 is 9.84 Å². The van der Waals surface area contributed by atoms with Crippen molar-refractivity contribution in [2.24, 2.45) is 11.1 Å². The summed E-state index contributed by atoms with van der Waals surface area (Å²) >= 11 is 0. The van der Waals surface area contributed by atoms with E-state index in [1.807, 2.05) is 6.92 Å². The topological polar surface area (TPSA) is 80.4 Å². The Balaban J connectivity index is 2.30. The molecule has 2 atom stereocenters. The molecule has 0 aromatic heterocycles. The van der Waals surface area contributed by atoms with Crippen molar-refractivity contribution in [2.75, 3.05) is 13.2 Å². The van der Waals surface area contributed by atoms with Crippen LogP contribution < -0.4 is 5.73 Å². The summed E-state index contributed by atoms with van der Waals surface area (Å²) in [6, 6.07) is 6.78. The van der Waals surface area contributed by atoms with Crippen LogP contribution in [0.5, 0.6) is 0 Å². The summed E-state index contributed by atoms with van der Waals surface area (Å²) in [5, 5.41) is 8.70. The number of aryl methyl sites for hydroxylation is 1. The summed E-state index contributed by atoms with van der Waals surface area (Å²) in [6.07, 6.45) is 0.455. The lowest BCUT2D eigenvalue weighted by Gasteiger charge is -2.11. The van der Waals surface area contributed by atoms with Gasteiger partial charge in [0.25, 0.3) is 0 Å². The zero-order valence-corrected chi connectivity index (χ0v) is 10.6. The second-order valence-corrected chi connectivity index (χ2v) is 6.91. The van der Waals surface area contributed by atoms with E-state index in [0.717, 1.165) is 5.56 Å². The lowest BCUT2D eigenvalue weighted by Crippen LogP contribution is -2.27. The van der Waals surface area contributed by atoms with Gasteiger partial charge in [-0.1, -0.05) is 17.7 Å². The van der Waals surface area contributed by atoms with E-state index in [2.05, 4.69) is 0 Å². The Morgan fingerprint density at radius 3 is 2.41 bits per heavy atom. The molecular formula is C12H17NO3S. The largest absolute Gasteiger partial charge is 0.396 e. The monoisotopic (exact) mass is 255 g/mol. The summed E-state index contributed by atoms with van der Waals surface area (Å²) < 4.78 is 24.5. The van der Waals surface area contributed by atoms with E-state index in [1.165, 1.54) is 0 Å². The first-order valence-corrected chi connectivity index (χ1v) is 7.12. The van der Waals surface area contributed by atoms with Gasteiger partial charge in [-0.2, -0.15) is 0 Å². The van der Waals surface area contributed by atoms with Crippen molar-refractivity contribution < 1.29 is 13.5 Å². The minimum atomic E-state index is -3.35. The maximum absolute atomic E-state index is 12.3. The molecule has 0 spiro atoms. The second-order valence-electron chi connectivity index (χ2n) is 4.78. The summed E-state index contributed by atoms with van der Waals surface area (Å²) in [7, 11) is -3.35. The number of hydrogen-bond acceptors (Lipinski definition) is 4. The van der Waals surface area contributed by atoms with E-state index < -0.39 is 20.5 Å². The fraction of sp³-hybridized carbons (Fsp3) is 0.500. The van der Waals surface area contributed by atoms with Gasteiger partial charge in [-0.25, -0.2) is 8.42 Å². The maximum Gasteiger partial charge on any atom is 0.181 e. The first kappa shape index (κ1) is 12.5. The molecule has 1 saturated carbocycles. The van der Waals surface area contributed by atoms with Crippen LogP contribution in [0.2, 0.25) is 0 Å². The van der Waals surface area contributed by atoms with Crippen molar-refractivity contribution in [3.63, 3.8) is 0 Å². The van der Waals surface area contributed by atoms with Gasteiger partial charge in [0.1, 0.15) is 0 Å². The second kappa shape index (κ2) is 4.08. The van der Waals surface area contributed by atoms with Gasteiger partial charge in [0, 0.05) is 12.0 Å². The fourth-order valence-corrected chi connectivity index (χ4v) is 4.31. The summed E-state index contributed by atoms with van der Waals surface area (Å²) in [5.41, 5.74) is 5.94. The molecular weight excluding hydrogens is 238 g/mol. The normalized spacial score (nSPS) is 28.1. The van der Waals surface area contributed by atoms with E-state index in [-0.39, 0.29) is 13.2 Å². The average Bonchev–Trinajstić information content (AvgIpc) is 3.06. The molecule has 0 unspecified atom stereocenters. The van der Waals surface area contributed by atoms with Crippen LogP contribution in [0.25, 0.3) is 0 Å². The quantitative estimate of drug-likeness (QED) is 0.820. The first-order valence-electron chi connectivity index (χ1n) is 5.58. The van der Waals surface area contributed by atoms with Crippen LogP contribution in [-0.2, 0) is 9.84 Å². The first-order chi connectivity index (χ1) is 7.96. The van der Waals surface area contributed by atoms with Crippen LogP contribution in [-0.4, -0.2) is 31.9 Å². The Bertz CT molecular complexity index is 503. The third-order valence-electron chi connectivity index (χ3n) is 3.56. The van der Waals surface area contributed by atoms with Crippen LogP contribution in [0.4, 0.5) is 0 Å². The van der Waals surface area contributed by atoms with Crippen LogP contribution in [0, 0.1) is 12.3 Å². The molecule has 4 nitrogen and oxygen atoms in total. The minimum absolute atomic E-state index is 0.167. The van der Waals surface area contributed by atoms with Gasteiger partial charge in [0.15, 0.2) is 9.84 Å². The van der Waals surface area contributed by atoms with Crippen molar-refractivity contribution in [1.82, 2.24) is 0 Å². The third kappa shape index (κ3) is 1.99. The lowest BCUT2D eigenvalue weighted by molar-refractivity contribution is 0.217. The van der Waals surface area contributed by atoms with Gasteiger partial charge in [0.2, 0.25) is 0 Å². The van der Waals surface area contributed by atoms with Crippen molar-refractivity contribution in [3.05, 3.63) is 29.8 Å². The van der Waals surface area contributed by atoms with Crippen LogP contribution in [0.3, 0.4) is 0 Å². The number of aliphatic hydroxyl groups excluding tert-OH is 1. The predicted molar refractivity (Wildman–Crippen MR) is 65.3 cm³/mol. The average molecular weight is 255 g/mol. The van der Waals surface area contributed by atoms with E-state index in [9.17, 15) is 13.5 Å². The zero-order chi connectivity index (χ0) is 12.7. The van der Waals surface area contributed by atoms with Crippen LogP contribution in [0.1, 0.15) is 12.0 Å². The van der Waals surface area contributed by atoms with Crippen LogP contribution in [0.15, 0.2) is 29.2 Å². The summed E-state index contributed by atoms with van der Waals surface area (Å²) in [5.74, 6) is 0. The molecule has 3 N–H and O–H groups in total. The van der Waals surface area contributed by atoms with Gasteiger partial charge >= 0.3 is 0 Å². The van der Waals surface area contributed by atoms with Gasteiger partial charge in [-0.05, 0) is 25.5 Å². The number of nitrogens with two attached hydrogens (primary N) is 1. The Labute approximate surface area is 101 Å². The zero-order valence-electron chi connectivity index (χ0n) is 9.76. The molecule has 1 fully saturated rings. The molecule has 1 aromatic rings. The van der Waals surface area contributed by atoms with Crippen molar-refractivity contribution in [3.8, 4) is 0 Å². The highest BCUT2D eigenvalue weighted by Crippen LogP contribution is 2.51.